The molecule has 122 valence electrons. The molecule has 5 nitrogen and oxygen atoms in total. The molecule has 1 aliphatic carbocycles. The number of benzene rings is 1. The monoisotopic (exact) mass is 306 g/mol. The van der Waals surface area contributed by atoms with Gasteiger partial charge in [0.05, 0.1) is 12.1 Å². The molecule has 0 aromatic heterocycles. The van der Waals surface area contributed by atoms with Gasteiger partial charge in [0.15, 0.2) is 0 Å². The van der Waals surface area contributed by atoms with E-state index in [1.54, 1.807) is 14.0 Å². The first-order valence-electron chi connectivity index (χ1n) is 7.97. The summed E-state index contributed by atoms with van der Waals surface area (Å²) in [7, 11) is 1.69. The van der Waals surface area contributed by atoms with Crippen LogP contribution in [0.3, 0.4) is 0 Å². The molecule has 0 heterocycles. The van der Waals surface area contributed by atoms with E-state index >= 15 is 0 Å². The summed E-state index contributed by atoms with van der Waals surface area (Å²) < 4.78 is 6.05. The van der Waals surface area contributed by atoms with Crippen LogP contribution in [0.4, 0.5) is 4.79 Å². The van der Waals surface area contributed by atoms with Gasteiger partial charge in [-0.25, -0.2) is 4.79 Å². The van der Waals surface area contributed by atoms with Crippen LogP contribution in [0.2, 0.25) is 0 Å². The molecule has 0 saturated heterocycles. The van der Waals surface area contributed by atoms with Gasteiger partial charge in [0.2, 0.25) is 0 Å². The number of nitrogens with zero attached hydrogens (tertiary/aromatic N) is 1. The maximum Gasteiger partial charge on any atom is 0.317 e. The third-order valence-corrected chi connectivity index (χ3v) is 3.93. The van der Waals surface area contributed by atoms with Crippen LogP contribution in [0.25, 0.3) is 0 Å². The Morgan fingerprint density at radius 2 is 2.05 bits per heavy atom. The second kappa shape index (κ2) is 8.03. The van der Waals surface area contributed by atoms with Crippen molar-refractivity contribution in [3.05, 3.63) is 30.3 Å². The van der Waals surface area contributed by atoms with Crippen molar-refractivity contribution in [1.82, 2.24) is 10.2 Å². The minimum absolute atomic E-state index is 0.0000463. The van der Waals surface area contributed by atoms with Crippen molar-refractivity contribution < 1.29 is 14.6 Å². The number of ether oxygens (including phenoxy) is 1. The fraction of sp³-hybridized carbons (Fsp3) is 0.588. The third-order valence-electron chi connectivity index (χ3n) is 3.93. The van der Waals surface area contributed by atoms with Crippen LogP contribution in [0, 0.1) is 0 Å². The molecule has 2 N–H and O–H groups in total. The van der Waals surface area contributed by atoms with Crippen LogP contribution in [-0.4, -0.2) is 47.9 Å². The molecular formula is C17H26N2O3. The van der Waals surface area contributed by atoms with Crippen LogP contribution in [0.15, 0.2) is 30.3 Å². The number of aliphatic hydroxyl groups excluding tert-OH is 1. The van der Waals surface area contributed by atoms with Gasteiger partial charge in [-0.2, -0.15) is 0 Å². The van der Waals surface area contributed by atoms with Gasteiger partial charge in [0.1, 0.15) is 11.9 Å². The van der Waals surface area contributed by atoms with Gasteiger partial charge in [-0.15, -0.1) is 0 Å². The van der Waals surface area contributed by atoms with Crippen molar-refractivity contribution in [2.45, 2.75) is 50.9 Å². The lowest BCUT2D eigenvalue weighted by Crippen LogP contribution is -2.52. The summed E-state index contributed by atoms with van der Waals surface area (Å²) in [6, 6.07) is 9.58. The molecule has 1 aromatic rings. The summed E-state index contributed by atoms with van der Waals surface area (Å²) in [4.78, 5) is 13.7. The molecular weight excluding hydrogens is 280 g/mol. The number of amides is 2. The topological polar surface area (TPSA) is 61.8 Å². The Hall–Kier alpha value is -1.75. The number of urea groups is 1. The lowest BCUT2D eigenvalue weighted by atomic mass is 9.92. The number of hydrogen-bond acceptors (Lipinski definition) is 3. The van der Waals surface area contributed by atoms with Gasteiger partial charge in [0, 0.05) is 13.6 Å². The summed E-state index contributed by atoms with van der Waals surface area (Å²) in [6.45, 7) is 1.99. The number of carbonyl (C=O) groups excluding carboxylic acids is 1. The number of nitrogens with one attached hydrogen (secondary N) is 1. The molecule has 0 aliphatic heterocycles. The summed E-state index contributed by atoms with van der Waals surface area (Å²) in [5, 5.41) is 12.4. The Kier molecular flexibility index (Phi) is 6.07. The second-order valence-corrected chi connectivity index (χ2v) is 6.04. The normalized spacial score (nSPS) is 22.7. The Morgan fingerprint density at radius 3 is 2.73 bits per heavy atom. The van der Waals surface area contributed by atoms with Crippen LogP contribution in [0.5, 0.6) is 5.75 Å². The summed E-state index contributed by atoms with van der Waals surface area (Å²) in [5.41, 5.74) is 0. The average Bonchev–Trinajstić information content (AvgIpc) is 2.49. The smallest absolute Gasteiger partial charge is 0.317 e. The Bertz CT molecular complexity index is 464. The highest BCUT2D eigenvalue weighted by atomic mass is 16.5. The first-order chi connectivity index (χ1) is 10.6. The maximum atomic E-state index is 12.2. The van der Waals surface area contributed by atoms with E-state index in [4.69, 9.17) is 4.74 Å². The highest BCUT2D eigenvalue weighted by Crippen LogP contribution is 2.24. The maximum absolute atomic E-state index is 12.2. The lowest BCUT2D eigenvalue weighted by molar-refractivity contribution is 0.106. The zero-order chi connectivity index (χ0) is 15.9. The predicted octanol–water partition coefficient (Wildman–Crippen LogP) is 2.40. The van der Waals surface area contributed by atoms with Crippen molar-refractivity contribution in [2.24, 2.45) is 0 Å². The number of para-hydroxylation sites is 1. The molecule has 2 rings (SSSR count). The van der Waals surface area contributed by atoms with E-state index in [0.717, 1.165) is 31.4 Å². The highest BCUT2D eigenvalue weighted by molar-refractivity contribution is 5.74. The van der Waals surface area contributed by atoms with Crippen molar-refractivity contribution in [3.63, 3.8) is 0 Å². The van der Waals surface area contributed by atoms with Crippen LogP contribution in [-0.2, 0) is 0 Å². The average molecular weight is 306 g/mol. The second-order valence-electron chi connectivity index (χ2n) is 6.04. The van der Waals surface area contributed by atoms with Crippen molar-refractivity contribution in [2.75, 3.05) is 13.6 Å². The number of likely N-dealkylation sites (N-methyl/N-ethyl adjacent to an activating group) is 1. The molecule has 2 amide bonds. The molecule has 0 bridgehead atoms. The zero-order valence-corrected chi connectivity index (χ0v) is 13.4. The molecule has 1 aromatic carbocycles. The van der Waals surface area contributed by atoms with E-state index in [0.29, 0.717) is 6.54 Å². The molecule has 0 unspecified atom stereocenters. The Labute approximate surface area is 132 Å². The van der Waals surface area contributed by atoms with E-state index in [9.17, 15) is 9.90 Å². The third kappa shape index (κ3) is 4.91. The molecule has 5 heteroatoms. The molecule has 22 heavy (non-hydrogen) atoms. The number of hydrogen-bond donors (Lipinski definition) is 2. The molecule has 1 aliphatic rings. The number of aliphatic hydroxyl groups is 1. The van der Waals surface area contributed by atoms with Gasteiger partial charge < -0.3 is 20.1 Å². The first-order valence-corrected chi connectivity index (χ1v) is 7.97. The fourth-order valence-electron chi connectivity index (χ4n) is 2.82. The molecule has 0 radical (unpaired) electrons. The van der Waals surface area contributed by atoms with Crippen LogP contribution in [0.1, 0.15) is 32.6 Å². The lowest BCUT2D eigenvalue weighted by Gasteiger charge is -2.33. The number of carbonyl (C=O) groups is 1. The van der Waals surface area contributed by atoms with E-state index in [1.165, 1.54) is 4.90 Å². The largest absolute Gasteiger partial charge is 0.488 e. The SMILES string of the molecule is C[C@H](O)CN(C)C(=O)N[C@@H]1CCCC[C@H]1Oc1ccccc1. The molecule has 1 saturated carbocycles. The summed E-state index contributed by atoms with van der Waals surface area (Å²) in [6.07, 6.45) is 3.55. The summed E-state index contributed by atoms with van der Waals surface area (Å²) in [5.74, 6) is 0.839. The van der Waals surface area contributed by atoms with Crippen LogP contribution >= 0.6 is 0 Å². The molecule has 0 spiro atoms. The van der Waals surface area contributed by atoms with Gasteiger partial charge in [-0.3, -0.25) is 0 Å². The standard InChI is InChI=1S/C17H26N2O3/c1-13(20)12-19(2)17(21)18-15-10-6-7-11-16(15)22-14-8-4-3-5-9-14/h3-5,8-9,13,15-16,20H,6-7,10-12H2,1-2H3,(H,18,21)/t13-,15+,16+/m0/s1. The van der Waals surface area contributed by atoms with E-state index < -0.39 is 6.10 Å². The molecule has 3 atom stereocenters. The highest BCUT2D eigenvalue weighted by Gasteiger charge is 2.29. The minimum Gasteiger partial charge on any atom is -0.488 e. The fourth-order valence-corrected chi connectivity index (χ4v) is 2.82. The summed E-state index contributed by atoms with van der Waals surface area (Å²) >= 11 is 0. The quantitative estimate of drug-likeness (QED) is 0.878. The molecule has 1 fully saturated rings. The van der Waals surface area contributed by atoms with Crippen molar-refractivity contribution >= 4 is 6.03 Å². The van der Waals surface area contributed by atoms with Gasteiger partial charge in [-0.05, 0) is 38.3 Å². The van der Waals surface area contributed by atoms with Gasteiger partial charge in [-0.1, -0.05) is 24.6 Å². The predicted molar refractivity (Wildman–Crippen MR) is 86.0 cm³/mol. The van der Waals surface area contributed by atoms with Gasteiger partial charge in [0.25, 0.3) is 0 Å². The first kappa shape index (κ1) is 16.6. The van der Waals surface area contributed by atoms with E-state index in [-0.39, 0.29) is 18.2 Å². The van der Waals surface area contributed by atoms with E-state index in [2.05, 4.69) is 5.32 Å². The van der Waals surface area contributed by atoms with Gasteiger partial charge >= 0.3 is 6.03 Å². The van der Waals surface area contributed by atoms with Crippen LogP contribution < -0.4 is 10.1 Å². The zero-order valence-electron chi connectivity index (χ0n) is 13.4. The van der Waals surface area contributed by atoms with Crippen molar-refractivity contribution in [3.8, 4) is 5.75 Å². The minimum atomic E-state index is -0.529. The van der Waals surface area contributed by atoms with E-state index in [1.807, 2.05) is 30.3 Å². The Morgan fingerprint density at radius 1 is 1.36 bits per heavy atom. The Balaban J connectivity index is 1.93. The van der Waals surface area contributed by atoms with Crippen molar-refractivity contribution in [1.29, 1.82) is 0 Å². The number of rotatable bonds is 5.